The third-order valence-corrected chi connectivity index (χ3v) is 5.19. The Labute approximate surface area is 153 Å². The van der Waals surface area contributed by atoms with Crippen molar-refractivity contribution in [2.45, 2.75) is 38.0 Å². The summed E-state index contributed by atoms with van der Waals surface area (Å²) in [6.07, 6.45) is 1.96. The summed E-state index contributed by atoms with van der Waals surface area (Å²) in [5.74, 6) is 1.61. The highest BCUT2D eigenvalue weighted by Gasteiger charge is 2.43. The number of carbonyl (C=O) groups is 1. The number of ether oxygens (including phenoxy) is 4. The lowest BCUT2D eigenvalue weighted by Gasteiger charge is -2.32. The lowest BCUT2D eigenvalue weighted by atomic mass is 9.99. The maximum absolute atomic E-state index is 11.1. The Balaban J connectivity index is 1.39. The molecule has 0 bridgehead atoms. The zero-order valence-electron chi connectivity index (χ0n) is 15.2. The number of hydrogen-bond acceptors (Lipinski definition) is 6. The molecule has 1 amide bonds. The van der Waals surface area contributed by atoms with E-state index in [2.05, 4.69) is 22.3 Å². The number of nitrogens with one attached hydrogen (secondary N) is 1. The normalized spacial score (nSPS) is 28.3. The van der Waals surface area contributed by atoms with Gasteiger partial charge in [0.25, 0.3) is 0 Å². The van der Waals surface area contributed by atoms with Crippen molar-refractivity contribution in [3.63, 3.8) is 0 Å². The first-order chi connectivity index (χ1) is 12.6. The second-order valence-corrected chi connectivity index (χ2v) is 7.35. The Morgan fingerprint density at radius 1 is 1.35 bits per heavy atom. The molecule has 1 spiro atoms. The molecule has 1 aromatic rings. The van der Waals surface area contributed by atoms with Crippen LogP contribution in [-0.2, 0) is 20.8 Å². The number of fused-ring (bicyclic) bond motifs is 1. The minimum absolute atomic E-state index is 0.0175. The molecule has 4 rings (SSSR count). The van der Waals surface area contributed by atoms with E-state index in [0.29, 0.717) is 26.6 Å². The molecule has 2 fully saturated rings. The number of rotatable bonds is 4. The molecule has 7 heteroatoms. The van der Waals surface area contributed by atoms with Crippen molar-refractivity contribution < 1.29 is 23.7 Å². The Morgan fingerprint density at radius 2 is 2.23 bits per heavy atom. The predicted molar refractivity (Wildman–Crippen MR) is 94.2 cm³/mol. The maximum atomic E-state index is 11.1. The van der Waals surface area contributed by atoms with Gasteiger partial charge < -0.3 is 24.3 Å². The van der Waals surface area contributed by atoms with Gasteiger partial charge in [0.15, 0.2) is 11.5 Å². The highest BCUT2D eigenvalue weighted by molar-refractivity contribution is 5.72. The SMILES string of the molecule is CC(=O)NC[C@@H]1CC[C@@]2(COCCN(Cc3ccc4c(c3)OCO4)C2)O1. The van der Waals surface area contributed by atoms with E-state index in [1.165, 1.54) is 12.5 Å². The summed E-state index contributed by atoms with van der Waals surface area (Å²) < 4.78 is 23.1. The van der Waals surface area contributed by atoms with E-state index in [4.69, 9.17) is 18.9 Å². The molecule has 0 aromatic heterocycles. The Hall–Kier alpha value is -1.83. The van der Waals surface area contributed by atoms with Crippen LogP contribution >= 0.6 is 0 Å². The molecule has 26 heavy (non-hydrogen) atoms. The van der Waals surface area contributed by atoms with Gasteiger partial charge in [-0.25, -0.2) is 0 Å². The fourth-order valence-corrected chi connectivity index (χ4v) is 3.94. The zero-order chi connectivity index (χ0) is 18.0. The van der Waals surface area contributed by atoms with Gasteiger partial charge >= 0.3 is 0 Å². The largest absolute Gasteiger partial charge is 0.454 e. The Morgan fingerprint density at radius 3 is 3.12 bits per heavy atom. The van der Waals surface area contributed by atoms with E-state index in [1.54, 1.807) is 0 Å². The van der Waals surface area contributed by atoms with Crippen molar-refractivity contribution in [2.75, 3.05) is 39.6 Å². The van der Waals surface area contributed by atoms with Gasteiger partial charge in [0.05, 0.1) is 19.3 Å². The fourth-order valence-electron chi connectivity index (χ4n) is 3.94. The summed E-state index contributed by atoms with van der Waals surface area (Å²) in [4.78, 5) is 13.5. The molecule has 142 valence electrons. The summed E-state index contributed by atoms with van der Waals surface area (Å²) in [5.41, 5.74) is 0.912. The number of carbonyl (C=O) groups excluding carboxylic acids is 1. The highest BCUT2D eigenvalue weighted by atomic mass is 16.7. The fraction of sp³-hybridized carbons (Fsp3) is 0.632. The van der Waals surface area contributed by atoms with Crippen LogP contribution in [0.3, 0.4) is 0 Å². The number of benzene rings is 1. The molecule has 0 aliphatic carbocycles. The van der Waals surface area contributed by atoms with Gasteiger partial charge in [-0.1, -0.05) is 6.07 Å². The maximum Gasteiger partial charge on any atom is 0.231 e. The summed E-state index contributed by atoms with van der Waals surface area (Å²) >= 11 is 0. The zero-order valence-corrected chi connectivity index (χ0v) is 15.2. The third-order valence-electron chi connectivity index (χ3n) is 5.19. The van der Waals surface area contributed by atoms with Gasteiger partial charge in [-0.05, 0) is 30.5 Å². The quantitative estimate of drug-likeness (QED) is 0.871. The molecule has 7 nitrogen and oxygen atoms in total. The first kappa shape index (κ1) is 17.6. The second-order valence-electron chi connectivity index (χ2n) is 7.35. The molecule has 3 heterocycles. The van der Waals surface area contributed by atoms with Crippen LogP contribution in [0.4, 0.5) is 0 Å². The monoisotopic (exact) mass is 362 g/mol. The first-order valence-corrected chi connectivity index (χ1v) is 9.23. The van der Waals surface area contributed by atoms with Crippen molar-refractivity contribution in [1.82, 2.24) is 10.2 Å². The minimum atomic E-state index is -0.282. The molecule has 2 atom stereocenters. The van der Waals surface area contributed by atoms with Crippen molar-refractivity contribution in [3.8, 4) is 11.5 Å². The predicted octanol–water partition coefficient (Wildman–Crippen LogP) is 1.30. The van der Waals surface area contributed by atoms with Crippen molar-refractivity contribution in [3.05, 3.63) is 23.8 Å². The molecule has 1 aromatic carbocycles. The molecule has 0 radical (unpaired) electrons. The van der Waals surface area contributed by atoms with Crippen LogP contribution in [0.15, 0.2) is 18.2 Å². The van der Waals surface area contributed by atoms with Crippen LogP contribution in [0.2, 0.25) is 0 Å². The van der Waals surface area contributed by atoms with Gasteiger partial charge in [-0.15, -0.1) is 0 Å². The molecular weight excluding hydrogens is 336 g/mol. The lowest BCUT2D eigenvalue weighted by Crippen LogP contribution is -2.45. The number of nitrogens with zero attached hydrogens (tertiary/aromatic N) is 1. The molecular formula is C19H26N2O5. The van der Waals surface area contributed by atoms with E-state index in [-0.39, 0.29) is 17.6 Å². The first-order valence-electron chi connectivity index (χ1n) is 9.23. The topological polar surface area (TPSA) is 69.3 Å². The highest BCUT2D eigenvalue weighted by Crippen LogP contribution is 2.35. The molecule has 2 saturated heterocycles. The van der Waals surface area contributed by atoms with Gasteiger partial charge in [-0.2, -0.15) is 0 Å². The standard InChI is InChI=1S/C19H26N2O5/c1-14(22)20-9-16-4-5-19(26-16)11-21(6-7-23-12-19)10-15-2-3-17-18(8-15)25-13-24-17/h2-3,8,16H,4-7,9-13H2,1H3,(H,20,22)/t16-,19+/m0/s1. The second kappa shape index (κ2) is 7.42. The van der Waals surface area contributed by atoms with Gasteiger partial charge in [0.2, 0.25) is 12.7 Å². The van der Waals surface area contributed by atoms with Gasteiger partial charge in [-0.3, -0.25) is 9.69 Å². The number of amides is 1. The van der Waals surface area contributed by atoms with Crippen LogP contribution in [0.5, 0.6) is 11.5 Å². The number of hydrogen-bond donors (Lipinski definition) is 1. The van der Waals surface area contributed by atoms with Crippen molar-refractivity contribution in [1.29, 1.82) is 0 Å². The third kappa shape index (κ3) is 3.95. The average molecular weight is 362 g/mol. The van der Waals surface area contributed by atoms with E-state index >= 15 is 0 Å². The Kier molecular flexibility index (Phi) is 5.02. The van der Waals surface area contributed by atoms with E-state index in [1.807, 2.05) is 6.07 Å². The van der Waals surface area contributed by atoms with Gasteiger partial charge in [0, 0.05) is 33.1 Å². The average Bonchev–Trinajstić information content (AvgIpc) is 3.18. The van der Waals surface area contributed by atoms with Crippen LogP contribution in [0.1, 0.15) is 25.3 Å². The molecule has 0 unspecified atom stereocenters. The summed E-state index contributed by atoms with van der Waals surface area (Å²) in [6, 6.07) is 6.11. The van der Waals surface area contributed by atoms with Crippen molar-refractivity contribution in [2.24, 2.45) is 0 Å². The van der Waals surface area contributed by atoms with E-state index in [9.17, 15) is 4.79 Å². The van der Waals surface area contributed by atoms with Crippen molar-refractivity contribution >= 4 is 5.91 Å². The molecule has 3 aliphatic heterocycles. The Bertz CT molecular complexity index is 667. The van der Waals surface area contributed by atoms with Crippen LogP contribution in [0.25, 0.3) is 0 Å². The van der Waals surface area contributed by atoms with E-state index < -0.39 is 0 Å². The summed E-state index contributed by atoms with van der Waals surface area (Å²) in [7, 11) is 0. The molecule has 0 saturated carbocycles. The van der Waals surface area contributed by atoms with Crippen LogP contribution < -0.4 is 14.8 Å². The molecule has 1 N–H and O–H groups in total. The van der Waals surface area contributed by atoms with Crippen LogP contribution in [-0.4, -0.2) is 62.2 Å². The summed E-state index contributed by atoms with van der Waals surface area (Å²) in [6.45, 7) is 6.23. The summed E-state index contributed by atoms with van der Waals surface area (Å²) in [5, 5.41) is 2.86. The van der Waals surface area contributed by atoms with E-state index in [0.717, 1.165) is 44.0 Å². The van der Waals surface area contributed by atoms with Crippen LogP contribution in [0, 0.1) is 0 Å². The molecule has 3 aliphatic rings. The smallest absolute Gasteiger partial charge is 0.231 e. The van der Waals surface area contributed by atoms with Gasteiger partial charge in [0.1, 0.15) is 5.60 Å². The lowest BCUT2D eigenvalue weighted by molar-refractivity contribution is -0.121. The minimum Gasteiger partial charge on any atom is -0.454 e.